The molecule has 0 fully saturated rings. The molecule has 1 unspecified atom stereocenters. The molecule has 1 atom stereocenters. The average Bonchev–Trinajstić information content (AvgIpc) is 3.02. The molecule has 0 bridgehead atoms. The highest BCUT2D eigenvalue weighted by molar-refractivity contribution is 6.15. The number of carboxylic acids is 1. The first-order chi connectivity index (χ1) is 14.9. The van der Waals surface area contributed by atoms with Crippen LogP contribution in [0.3, 0.4) is 0 Å². The molecule has 160 valence electrons. The number of aromatic carboxylic acids is 1. The van der Waals surface area contributed by atoms with E-state index in [1.807, 2.05) is 34.9 Å². The Hall–Kier alpha value is -3.81. The van der Waals surface area contributed by atoms with Gasteiger partial charge in [-0.25, -0.2) is 4.79 Å². The van der Waals surface area contributed by atoms with Gasteiger partial charge in [0.2, 0.25) is 0 Å². The summed E-state index contributed by atoms with van der Waals surface area (Å²) in [6.07, 6.45) is -1.26. The number of ether oxygens (including phenoxy) is 2. The fraction of sp³-hybridized carbons (Fsp3) is 0.261. The summed E-state index contributed by atoms with van der Waals surface area (Å²) in [5.41, 5.74) is 2.67. The molecule has 2 heterocycles. The summed E-state index contributed by atoms with van der Waals surface area (Å²) in [6.45, 7) is 4.12. The van der Waals surface area contributed by atoms with Crippen LogP contribution >= 0.6 is 0 Å². The van der Waals surface area contributed by atoms with E-state index < -0.39 is 23.9 Å². The molecular formula is C23H22N2O6. The van der Waals surface area contributed by atoms with E-state index in [9.17, 15) is 19.5 Å². The number of carboxylic acid groups (broad SMARTS) is 1. The van der Waals surface area contributed by atoms with E-state index in [-0.39, 0.29) is 18.6 Å². The molecule has 31 heavy (non-hydrogen) atoms. The van der Waals surface area contributed by atoms with Crippen molar-refractivity contribution in [1.29, 1.82) is 0 Å². The van der Waals surface area contributed by atoms with Crippen LogP contribution in [-0.4, -0.2) is 40.2 Å². The van der Waals surface area contributed by atoms with Crippen molar-refractivity contribution in [2.45, 2.75) is 32.9 Å². The SMILES string of the molecule is CCOC(=O)CC1Oc2ccc3c(c2NC1=O)c(C(=O)O)c(C)n3Cc1ccccc1. The summed E-state index contributed by atoms with van der Waals surface area (Å²) in [5, 5.41) is 13.1. The molecule has 1 aliphatic heterocycles. The first-order valence-electron chi connectivity index (χ1n) is 9.96. The summed E-state index contributed by atoms with van der Waals surface area (Å²) < 4.78 is 12.6. The molecule has 2 N–H and O–H groups in total. The van der Waals surface area contributed by atoms with Gasteiger partial charge in [0.15, 0.2) is 6.10 Å². The lowest BCUT2D eigenvalue weighted by Gasteiger charge is -2.26. The van der Waals surface area contributed by atoms with Crippen LogP contribution in [0, 0.1) is 6.92 Å². The van der Waals surface area contributed by atoms with Crippen LogP contribution in [0.1, 0.15) is 35.0 Å². The number of rotatable bonds is 6. The van der Waals surface area contributed by atoms with Gasteiger partial charge >= 0.3 is 11.9 Å². The second-order valence-electron chi connectivity index (χ2n) is 7.28. The van der Waals surface area contributed by atoms with Crippen molar-refractivity contribution < 1.29 is 29.0 Å². The van der Waals surface area contributed by atoms with E-state index in [0.717, 1.165) is 5.56 Å². The largest absolute Gasteiger partial charge is 0.478 e. The molecule has 0 saturated carbocycles. The molecule has 0 spiro atoms. The Morgan fingerprint density at radius 1 is 1.19 bits per heavy atom. The number of aromatic nitrogens is 1. The Balaban J connectivity index is 1.80. The summed E-state index contributed by atoms with van der Waals surface area (Å²) in [5.74, 6) is -1.83. The van der Waals surface area contributed by atoms with Crippen molar-refractivity contribution in [1.82, 2.24) is 4.57 Å². The van der Waals surface area contributed by atoms with Gasteiger partial charge in [-0.1, -0.05) is 30.3 Å². The highest BCUT2D eigenvalue weighted by Gasteiger charge is 2.34. The molecule has 4 rings (SSSR count). The zero-order chi connectivity index (χ0) is 22.1. The van der Waals surface area contributed by atoms with Gasteiger partial charge < -0.3 is 24.5 Å². The lowest BCUT2D eigenvalue weighted by Crippen LogP contribution is -2.39. The van der Waals surface area contributed by atoms with Crippen molar-refractivity contribution in [2.75, 3.05) is 11.9 Å². The molecule has 0 aliphatic carbocycles. The van der Waals surface area contributed by atoms with Crippen molar-refractivity contribution in [2.24, 2.45) is 0 Å². The van der Waals surface area contributed by atoms with Crippen LogP contribution in [0.5, 0.6) is 5.75 Å². The number of esters is 1. The standard InChI is InChI=1S/C23H22N2O6/c1-3-30-18(26)11-17-22(27)24-21-16(31-17)10-9-15-20(21)19(23(28)29)13(2)25(15)12-14-7-5-4-6-8-14/h4-10,17H,3,11-12H2,1-2H3,(H,24,27)(H,28,29). The molecule has 1 aliphatic rings. The highest BCUT2D eigenvalue weighted by Crippen LogP contribution is 2.41. The first-order valence-corrected chi connectivity index (χ1v) is 9.96. The van der Waals surface area contributed by atoms with E-state index in [1.165, 1.54) is 0 Å². The highest BCUT2D eigenvalue weighted by atomic mass is 16.5. The molecule has 8 nitrogen and oxygen atoms in total. The zero-order valence-electron chi connectivity index (χ0n) is 17.2. The van der Waals surface area contributed by atoms with Crippen molar-refractivity contribution in [3.05, 3.63) is 59.3 Å². The Morgan fingerprint density at radius 2 is 1.94 bits per heavy atom. The van der Waals surface area contributed by atoms with E-state index in [0.29, 0.717) is 34.6 Å². The summed E-state index contributed by atoms with van der Waals surface area (Å²) in [6, 6.07) is 13.2. The predicted octanol–water partition coefficient (Wildman–Crippen LogP) is 3.35. The predicted molar refractivity (Wildman–Crippen MR) is 113 cm³/mol. The molecule has 0 radical (unpaired) electrons. The third-order valence-corrected chi connectivity index (χ3v) is 5.32. The van der Waals surface area contributed by atoms with Crippen LogP contribution in [0.25, 0.3) is 10.9 Å². The van der Waals surface area contributed by atoms with E-state index >= 15 is 0 Å². The van der Waals surface area contributed by atoms with Crippen LogP contribution in [-0.2, 0) is 20.9 Å². The van der Waals surface area contributed by atoms with Crippen molar-refractivity contribution >= 4 is 34.4 Å². The minimum atomic E-state index is -1.09. The Kier molecular flexibility index (Phi) is 5.37. The number of fused-ring (bicyclic) bond motifs is 3. The quantitative estimate of drug-likeness (QED) is 0.590. The Bertz CT molecular complexity index is 1180. The molecule has 2 aromatic carbocycles. The molecule has 1 aromatic heterocycles. The summed E-state index contributed by atoms with van der Waals surface area (Å²) in [4.78, 5) is 36.5. The fourth-order valence-corrected chi connectivity index (χ4v) is 3.92. The molecule has 3 aromatic rings. The van der Waals surface area contributed by atoms with Gasteiger partial charge in [0.25, 0.3) is 5.91 Å². The smallest absolute Gasteiger partial charge is 0.338 e. The van der Waals surface area contributed by atoms with Crippen LogP contribution in [0.2, 0.25) is 0 Å². The van der Waals surface area contributed by atoms with Gasteiger partial charge in [0.05, 0.1) is 29.8 Å². The second-order valence-corrected chi connectivity index (χ2v) is 7.28. The van der Waals surface area contributed by atoms with Crippen LogP contribution < -0.4 is 10.1 Å². The van der Waals surface area contributed by atoms with Gasteiger partial charge in [-0.15, -0.1) is 0 Å². The third kappa shape index (κ3) is 3.72. The summed E-state index contributed by atoms with van der Waals surface area (Å²) in [7, 11) is 0. The second kappa shape index (κ2) is 8.14. The number of carbonyl (C=O) groups excluding carboxylic acids is 2. The maximum Gasteiger partial charge on any atom is 0.338 e. The minimum absolute atomic E-state index is 0.107. The number of benzene rings is 2. The average molecular weight is 422 g/mol. The van der Waals surface area contributed by atoms with Gasteiger partial charge in [-0.05, 0) is 31.5 Å². The molecular weight excluding hydrogens is 400 g/mol. The first kappa shape index (κ1) is 20.5. The number of nitrogens with one attached hydrogen (secondary N) is 1. The van der Waals surface area contributed by atoms with Gasteiger partial charge in [-0.2, -0.15) is 0 Å². The zero-order valence-corrected chi connectivity index (χ0v) is 17.2. The van der Waals surface area contributed by atoms with Crippen LogP contribution in [0.4, 0.5) is 5.69 Å². The number of amides is 1. The van der Waals surface area contributed by atoms with E-state index in [4.69, 9.17) is 9.47 Å². The van der Waals surface area contributed by atoms with Gasteiger partial charge in [0.1, 0.15) is 5.75 Å². The minimum Gasteiger partial charge on any atom is -0.478 e. The monoisotopic (exact) mass is 422 g/mol. The van der Waals surface area contributed by atoms with Crippen molar-refractivity contribution in [3.8, 4) is 5.75 Å². The number of hydrogen-bond acceptors (Lipinski definition) is 5. The fourth-order valence-electron chi connectivity index (χ4n) is 3.92. The number of carbonyl (C=O) groups is 3. The van der Waals surface area contributed by atoms with E-state index in [1.54, 1.807) is 26.0 Å². The summed E-state index contributed by atoms with van der Waals surface area (Å²) >= 11 is 0. The lowest BCUT2D eigenvalue weighted by atomic mass is 10.1. The number of hydrogen-bond donors (Lipinski definition) is 2. The lowest BCUT2D eigenvalue weighted by molar-refractivity contribution is -0.147. The number of nitrogens with zero attached hydrogens (tertiary/aromatic N) is 1. The topological polar surface area (TPSA) is 107 Å². The maximum atomic E-state index is 12.6. The maximum absolute atomic E-state index is 12.6. The van der Waals surface area contributed by atoms with Gasteiger partial charge in [-0.3, -0.25) is 9.59 Å². The molecule has 8 heteroatoms. The van der Waals surface area contributed by atoms with E-state index in [2.05, 4.69) is 5.32 Å². The van der Waals surface area contributed by atoms with Crippen LogP contribution in [0.15, 0.2) is 42.5 Å². The normalized spacial score (nSPS) is 15.2. The molecule has 1 amide bonds. The molecule has 0 saturated heterocycles. The third-order valence-electron chi connectivity index (χ3n) is 5.32. The Morgan fingerprint density at radius 3 is 2.61 bits per heavy atom. The van der Waals surface area contributed by atoms with Gasteiger partial charge in [0, 0.05) is 17.6 Å². The van der Waals surface area contributed by atoms with Crippen molar-refractivity contribution in [3.63, 3.8) is 0 Å². The number of anilines is 1. The Labute approximate surface area is 178 Å².